The largest absolute Gasteiger partial charge is 0.382 e. The van der Waals surface area contributed by atoms with Gasteiger partial charge in [0, 0.05) is 17.8 Å². The molecule has 8 heteroatoms. The Morgan fingerprint density at radius 1 is 1.26 bits per heavy atom. The molecule has 0 fully saturated rings. The van der Waals surface area contributed by atoms with Crippen LogP contribution in [0.4, 0.5) is 0 Å². The Morgan fingerprint density at radius 2 is 1.89 bits per heavy atom. The summed E-state index contributed by atoms with van der Waals surface area (Å²) in [6.07, 6.45) is 0. The number of halogens is 1. The number of hydrogen-bond donors (Lipinski definition) is 2. The van der Waals surface area contributed by atoms with Crippen molar-refractivity contribution in [3.8, 4) is 0 Å². The van der Waals surface area contributed by atoms with Gasteiger partial charge < -0.3 is 9.47 Å². The lowest BCUT2D eigenvalue weighted by molar-refractivity contribution is 0.0790. The molecule has 0 atom stereocenters. The summed E-state index contributed by atoms with van der Waals surface area (Å²) in [4.78, 5) is 1.11. The standard InChI is InChI=1S/C11H15ClO2S.H3NO2S/c1-13-6-7-14-8-9-15-11-5-3-2-4-10(11)12;1-4(2)3/h2-5H,6-9H2,1H3;4H,(H2,1,2,3). The van der Waals surface area contributed by atoms with Crippen molar-refractivity contribution < 1.29 is 17.9 Å². The highest BCUT2D eigenvalue weighted by Gasteiger charge is 1.98. The van der Waals surface area contributed by atoms with E-state index in [4.69, 9.17) is 29.5 Å². The van der Waals surface area contributed by atoms with E-state index in [0.717, 1.165) is 22.3 Å². The highest BCUT2D eigenvalue weighted by Crippen LogP contribution is 2.26. The van der Waals surface area contributed by atoms with Crippen LogP contribution >= 0.6 is 23.4 Å². The Hall–Kier alpha value is -0.310. The minimum absolute atomic E-state index is 0.650. The lowest BCUT2D eigenvalue weighted by Gasteiger charge is -2.04. The Bertz CT molecular complexity index is 407. The zero-order valence-electron chi connectivity index (χ0n) is 10.6. The second-order valence-corrected chi connectivity index (χ2v) is 5.28. The van der Waals surface area contributed by atoms with E-state index in [2.05, 4.69) is 5.14 Å². The molecule has 0 aliphatic heterocycles. The lowest BCUT2D eigenvalue weighted by Crippen LogP contribution is -2.04. The van der Waals surface area contributed by atoms with Gasteiger partial charge >= 0.3 is 0 Å². The van der Waals surface area contributed by atoms with Gasteiger partial charge in [-0.05, 0) is 12.1 Å². The minimum atomic E-state index is -2.62. The van der Waals surface area contributed by atoms with Crippen LogP contribution in [-0.2, 0) is 20.4 Å². The summed E-state index contributed by atoms with van der Waals surface area (Å²) in [5.74, 6) is 0.910. The fourth-order valence-electron chi connectivity index (χ4n) is 1.02. The first-order valence-corrected chi connectivity index (χ1v) is 8.02. The summed E-state index contributed by atoms with van der Waals surface area (Å²) in [5.41, 5.74) is 0. The fraction of sp³-hybridized carbons (Fsp3) is 0.455. The van der Waals surface area contributed by atoms with Gasteiger partial charge in [-0.1, -0.05) is 23.7 Å². The van der Waals surface area contributed by atoms with Gasteiger partial charge in [-0.2, -0.15) is 0 Å². The summed E-state index contributed by atoms with van der Waals surface area (Å²) in [5, 5.41) is 4.87. The first-order chi connectivity index (χ1) is 9.07. The number of ether oxygens (including phenoxy) is 2. The summed E-state index contributed by atoms with van der Waals surface area (Å²) < 4.78 is 27.8. The van der Waals surface area contributed by atoms with Gasteiger partial charge in [-0.3, -0.25) is 0 Å². The average molecular weight is 328 g/mol. The number of rotatable bonds is 7. The molecule has 2 N–H and O–H groups in total. The van der Waals surface area contributed by atoms with Gasteiger partial charge in [0.2, 0.25) is 0 Å². The summed E-state index contributed by atoms with van der Waals surface area (Å²) >= 11 is 7.71. The van der Waals surface area contributed by atoms with E-state index < -0.39 is 10.9 Å². The van der Waals surface area contributed by atoms with Crippen LogP contribution in [0, 0.1) is 0 Å². The second kappa shape index (κ2) is 12.7. The van der Waals surface area contributed by atoms with E-state index in [1.165, 1.54) is 0 Å². The van der Waals surface area contributed by atoms with Gasteiger partial charge in [0.25, 0.3) is 0 Å². The quantitative estimate of drug-likeness (QED) is 0.451. The molecule has 1 aromatic rings. The van der Waals surface area contributed by atoms with E-state index in [0.29, 0.717) is 13.2 Å². The molecule has 0 saturated heterocycles. The van der Waals surface area contributed by atoms with Crippen LogP contribution in [0.2, 0.25) is 5.02 Å². The molecule has 5 nitrogen and oxygen atoms in total. The zero-order chi connectivity index (χ0) is 14.5. The predicted molar refractivity (Wildman–Crippen MR) is 79.4 cm³/mol. The molecule has 0 aliphatic rings. The molecule has 0 radical (unpaired) electrons. The molecule has 0 aliphatic carbocycles. The summed E-state index contributed by atoms with van der Waals surface area (Å²) in [6.45, 7) is 2.02. The molecule has 0 heterocycles. The smallest absolute Gasteiger partial charge is 0.198 e. The monoisotopic (exact) mass is 327 g/mol. The number of thioether (sulfide) groups is 1. The molecule has 0 spiro atoms. The third kappa shape index (κ3) is 12.5. The van der Waals surface area contributed by atoms with Crippen LogP contribution in [-0.4, -0.2) is 41.1 Å². The van der Waals surface area contributed by atoms with Crippen molar-refractivity contribution in [2.75, 3.05) is 32.7 Å². The minimum Gasteiger partial charge on any atom is -0.382 e. The van der Waals surface area contributed by atoms with Crippen molar-refractivity contribution in [3.05, 3.63) is 29.3 Å². The van der Waals surface area contributed by atoms with Gasteiger partial charge in [-0.25, -0.2) is 13.6 Å². The highest BCUT2D eigenvalue weighted by atomic mass is 35.5. The Balaban J connectivity index is 0.000000711. The fourth-order valence-corrected chi connectivity index (χ4v) is 2.12. The first-order valence-electron chi connectivity index (χ1n) is 5.41. The third-order valence-electron chi connectivity index (χ3n) is 1.75. The number of methoxy groups -OCH3 is 1. The van der Waals surface area contributed by atoms with Crippen LogP contribution in [0.1, 0.15) is 0 Å². The van der Waals surface area contributed by atoms with Gasteiger partial charge in [0.15, 0.2) is 10.9 Å². The number of benzene rings is 1. The Morgan fingerprint density at radius 3 is 2.47 bits per heavy atom. The van der Waals surface area contributed by atoms with Crippen molar-refractivity contribution in [3.63, 3.8) is 0 Å². The molecular formula is C11H18ClNO4S2. The van der Waals surface area contributed by atoms with Crippen LogP contribution < -0.4 is 5.14 Å². The zero-order valence-corrected chi connectivity index (χ0v) is 13.0. The van der Waals surface area contributed by atoms with Crippen molar-refractivity contribution in [1.82, 2.24) is 0 Å². The maximum atomic E-state index is 8.81. The molecule has 1 rings (SSSR count). The third-order valence-corrected chi connectivity index (χ3v) is 3.23. The lowest BCUT2D eigenvalue weighted by atomic mass is 10.4. The van der Waals surface area contributed by atoms with E-state index in [-0.39, 0.29) is 0 Å². The molecule has 1 aromatic carbocycles. The second-order valence-electron chi connectivity index (χ2n) is 3.17. The number of thiol groups is 1. The summed E-state index contributed by atoms with van der Waals surface area (Å²) in [7, 11) is -0.952. The van der Waals surface area contributed by atoms with Crippen molar-refractivity contribution >= 4 is 34.3 Å². The topological polar surface area (TPSA) is 78.6 Å². The molecule has 0 unspecified atom stereocenters. The molecule has 0 amide bonds. The van der Waals surface area contributed by atoms with Crippen LogP contribution in [0.5, 0.6) is 0 Å². The van der Waals surface area contributed by atoms with Crippen molar-refractivity contribution in [2.45, 2.75) is 4.90 Å². The number of hydrogen-bond acceptors (Lipinski definition) is 5. The van der Waals surface area contributed by atoms with E-state index in [1.807, 2.05) is 24.3 Å². The Labute approximate surface area is 124 Å². The normalized spacial score (nSPS) is 10.1. The number of nitrogens with two attached hydrogens (primary N) is 1. The van der Waals surface area contributed by atoms with E-state index in [1.54, 1.807) is 18.9 Å². The predicted octanol–water partition coefficient (Wildman–Crippen LogP) is 1.57. The maximum Gasteiger partial charge on any atom is 0.198 e. The first kappa shape index (κ1) is 18.7. The van der Waals surface area contributed by atoms with Crippen LogP contribution in [0.25, 0.3) is 0 Å². The van der Waals surface area contributed by atoms with Gasteiger partial charge in [0.05, 0.1) is 24.8 Å². The average Bonchev–Trinajstić information content (AvgIpc) is 2.35. The van der Waals surface area contributed by atoms with Crippen molar-refractivity contribution in [2.24, 2.45) is 5.14 Å². The molecular weight excluding hydrogens is 310 g/mol. The van der Waals surface area contributed by atoms with E-state index >= 15 is 0 Å². The molecule has 110 valence electrons. The van der Waals surface area contributed by atoms with E-state index in [9.17, 15) is 0 Å². The molecule has 0 aromatic heterocycles. The van der Waals surface area contributed by atoms with Crippen LogP contribution in [0.3, 0.4) is 0 Å². The van der Waals surface area contributed by atoms with Gasteiger partial charge in [0.1, 0.15) is 0 Å². The molecule has 19 heavy (non-hydrogen) atoms. The van der Waals surface area contributed by atoms with Crippen molar-refractivity contribution in [1.29, 1.82) is 0 Å². The highest BCUT2D eigenvalue weighted by molar-refractivity contribution is 7.99. The SMILES string of the molecule is COCCOCCSc1ccccc1Cl.N[SH](=O)=O. The van der Waals surface area contributed by atoms with Gasteiger partial charge in [-0.15, -0.1) is 11.8 Å². The molecule has 0 bridgehead atoms. The Kier molecular flexibility index (Phi) is 12.5. The molecule has 0 saturated carbocycles. The van der Waals surface area contributed by atoms with Crippen LogP contribution in [0.15, 0.2) is 29.2 Å². The maximum absolute atomic E-state index is 8.81. The summed E-state index contributed by atoms with van der Waals surface area (Å²) in [6, 6.07) is 7.83.